The van der Waals surface area contributed by atoms with Crippen molar-refractivity contribution in [2.24, 2.45) is 0 Å². The Balaban J connectivity index is 1.41. The van der Waals surface area contributed by atoms with Gasteiger partial charge >= 0.3 is 0 Å². The second-order valence-electron chi connectivity index (χ2n) is 7.40. The van der Waals surface area contributed by atoms with E-state index >= 15 is 0 Å². The van der Waals surface area contributed by atoms with E-state index in [0.717, 1.165) is 6.54 Å². The topological polar surface area (TPSA) is 6.48 Å². The lowest BCUT2D eigenvalue weighted by Crippen LogP contribution is -2.38. The van der Waals surface area contributed by atoms with Crippen molar-refractivity contribution in [3.05, 3.63) is 71.8 Å². The molecule has 2 aromatic rings. The second kappa shape index (κ2) is 9.74. The van der Waals surface area contributed by atoms with Crippen molar-refractivity contribution >= 4 is 0 Å². The summed E-state index contributed by atoms with van der Waals surface area (Å²) in [5, 5.41) is 0. The molecule has 1 saturated heterocycles. The molecule has 0 N–H and O–H groups in total. The minimum Gasteiger partial charge on any atom is -0.302 e. The van der Waals surface area contributed by atoms with Crippen LogP contribution in [0.25, 0.3) is 0 Å². The van der Waals surface area contributed by atoms with Gasteiger partial charge in [0.15, 0.2) is 0 Å². The molecule has 0 aliphatic carbocycles. The average Bonchev–Trinajstić information content (AvgIpc) is 2.82. The Morgan fingerprint density at radius 3 is 2.24 bits per heavy atom. The van der Waals surface area contributed by atoms with Gasteiger partial charge in [-0.2, -0.15) is 0 Å². The predicted octanol–water partition coefficient (Wildman–Crippen LogP) is 4.61. The van der Waals surface area contributed by atoms with Crippen LogP contribution in [0.5, 0.6) is 0 Å². The first-order valence-electron chi connectivity index (χ1n) is 9.85. The summed E-state index contributed by atoms with van der Waals surface area (Å²) in [7, 11) is 0. The van der Waals surface area contributed by atoms with Crippen LogP contribution in [0, 0.1) is 0 Å². The molecule has 2 aromatic carbocycles. The zero-order chi connectivity index (χ0) is 17.3. The molecule has 0 radical (unpaired) electrons. The monoisotopic (exact) mass is 336 g/mol. The molecule has 2 nitrogen and oxygen atoms in total. The summed E-state index contributed by atoms with van der Waals surface area (Å²) in [5.41, 5.74) is 2.91. The molecule has 0 aromatic heterocycles. The number of rotatable bonds is 7. The highest BCUT2D eigenvalue weighted by Crippen LogP contribution is 2.15. The van der Waals surface area contributed by atoms with Gasteiger partial charge in [-0.25, -0.2) is 0 Å². The van der Waals surface area contributed by atoms with Crippen molar-refractivity contribution in [1.82, 2.24) is 9.80 Å². The molecule has 1 aliphatic rings. The smallest absolute Gasteiger partial charge is 0.0237 e. The van der Waals surface area contributed by atoms with Gasteiger partial charge in [0, 0.05) is 25.7 Å². The van der Waals surface area contributed by atoms with Crippen LogP contribution in [0.4, 0.5) is 0 Å². The van der Waals surface area contributed by atoms with Crippen molar-refractivity contribution in [2.45, 2.75) is 45.2 Å². The first-order valence-corrected chi connectivity index (χ1v) is 9.85. The third kappa shape index (κ3) is 5.98. The largest absolute Gasteiger partial charge is 0.302 e. The van der Waals surface area contributed by atoms with E-state index < -0.39 is 0 Å². The lowest BCUT2D eigenvalue weighted by atomic mass is 10.1. The normalized spacial score (nSPS) is 19.6. The first-order chi connectivity index (χ1) is 12.3. The lowest BCUT2D eigenvalue weighted by molar-refractivity contribution is 0.183. The fourth-order valence-electron chi connectivity index (χ4n) is 3.86. The molecule has 1 aliphatic heterocycles. The number of hydrogen-bond acceptors (Lipinski definition) is 2. The minimum atomic E-state index is 0.636. The van der Waals surface area contributed by atoms with Crippen LogP contribution in [0.1, 0.15) is 37.3 Å². The van der Waals surface area contributed by atoms with E-state index in [9.17, 15) is 0 Å². The maximum atomic E-state index is 2.68. The third-order valence-corrected chi connectivity index (χ3v) is 5.33. The van der Waals surface area contributed by atoms with E-state index in [4.69, 9.17) is 0 Å². The van der Waals surface area contributed by atoms with E-state index in [1.807, 2.05) is 0 Å². The van der Waals surface area contributed by atoms with Gasteiger partial charge in [0.1, 0.15) is 0 Å². The van der Waals surface area contributed by atoms with Crippen LogP contribution >= 0.6 is 0 Å². The summed E-state index contributed by atoms with van der Waals surface area (Å²) in [6.45, 7) is 8.40. The van der Waals surface area contributed by atoms with Crippen LogP contribution < -0.4 is 0 Å². The molecule has 0 saturated carbocycles. The molecule has 0 bridgehead atoms. The standard InChI is InChI=1S/C23H32N2/c1-21-19-24(16-9-8-13-22-11-4-2-5-12-22)17-10-18-25(21)20-23-14-6-3-7-15-23/h2-7,11-12,14-15,21H,8-10,13,16-20H2,1H3/t21-/m1/s1. The summed E-state index contributed by atoms with van der Waals surface area (Å²) >= 11 is 0. The van der Waals surface area contributed by atoms with Gasteiger partial charge in [0.25, 0.3) is 0 Å². The SMILES string of the molecule is C[C@@H]1CN(CCCCc2ccccc2)CCCN1Cc1ccccc1. The summed E-state index contributed by atoms with van der Waals surface area (Å²) < 4.78 is 0. The molecule has 0 spiro atoms. The predicted molar refractivity (Wildman–Crippen MR) is 107 cm³/mol. The van der Waals surface area contributed by atoms with Crippen molar-refractivity contribution in [3.63, 3.8) is 0 Å². The molecular formula is C23H32N2. The maximum Gasteiger partial charge on any atom is 0.0237 e. The fourth-order valence-corrected chi connectivity index (χ4v) is 3.86. The Kier molecular flexibility index (Phi) is 7.08. The Hall–Kier alpha value is -1.64. The van der Waals surface area contributed by atoms with Crippen LogP contribution in [0.2, 0.25) is 0 Å². The Labute approximate surface area is 153 Å². The molecule has 25 heavy (non-hydrogen) atoms. The van der Waals surface area contributed by atoms with Crippen LogP contribution in [0.15, 0.2) is 60.7 Å². The second-order valence-corrected chi connectivity index (χ2v) is 7.40. The van der Waals surface area contributed by atoms with E-state index in [1.54, 1.807) is 0 Å². The van der Waals surface area contributed by atoms with Gasteiger partial charge in [-0.3, -0.25) is 4.90 Å². The number of benzene rings is 2. The molecule has 134 valence electrons. The highest BCUT2D eigenvalue weighted by atomic mass is 15.2. The molecular weight excluding hydrogens is 304 g/mol. The minimum absolute atomic E-state index is 0.636. The quantitative estimate of drug-likeness (QED) is 0.682. The maximum absolute atomic E-state index is 2.68. The molecule has 0 amide bonds. The van der Waals surface area contributed by atoms with Gasteiger partial charge in [-0.05, 0) is 56.8 Å². The molecule has 1 heterocycles. The zero-order valence-electron chi connectivity index (χ0n) is 15.6. The van der Waals surface area contributed by atoms with E-state index in [0.29, 0.717) is 6.04 Å². The van der Waals surface area contributed by atoms with E-state index in [2.05, 4.69) is 77.4 Å². The highest BCUT2D eigenvalue weighted by molar-refractivity contribution is 5.15. The van der Waals surface area contributed by atoms with Crippen LogP contribution in [0.3, 0.4) is 0 Å². The first kappa shape index (κ1) is 18.2. The van der Waals surface area contributed by atoms with Gasteiger partial charge < -0.3 is 4.90 Å². The Morgan fingerprint density at radius 1 is 0.840 bits per heavy atom. The molecule has 1 atom stereocenters. The molecule has 0 unspecified atom stereocenters. The average molecular weight is 337 g/mol. The zero-order valence-corrected chi connectivity index (χ0v) is 15.6. The van der Waals surface area contributed by atoms with Crippen molar-refractivity contribution in [2.75, 3.05) is 26.2 Å². The fraction of sp³-hybridized carbons (Fsp3) is 0.478. The van der Waals surface area contributed by atoms with Gasteiger partial charge in [-0.1, -0.05) is 60.7 Å². The summed E-state index contributed by atoms with van der Waals surface area (Å²) in [6, 6.07) is 22.4. The number of nitrogens with zero attached hydrogens (tertiary/aromatic N) is 2. The molecule has 3 rings (SSSR count). The van der Waals surface area contributed by atoms with Crippen LogP contribution in [-0.4, -0.2) is 42.0 Å². The third-order valence-electron chi connectivity index (χ3n) is 5.33. The highest BCUT2D eigenvalue weighted by Gasteiger charge is 2.21. The van der Waals surface area contributed by atoms with Gasteiger partial charge in [-0.15, -0.1) is 0 Å². The number of aryl methyl sites for hydroxylation is 1. The van der Waals surface area contributed by atoms with Gasteiger partial charge in [0.05, 0.1) is 0 Å². The lowest BCUT2D eigenvalue weighted by Gasteiger charge is -2.29. The van der Waals surface area contributed by atoms with Gasteiger partial charge in [0.2, 0.25) is 0 Å². The Bertz CT molecular complexity index is 596. The van der Waals surface area contributed by atoms with Crippen LogP contribution in [-0.2, 0) is 13.0 Å². The Morgan fingerprint density at radius 2 is 1.52 bits per heavy atom. The van der Waals surface area contributed by atoms with E-state index in [-0.39, 0.29) is 0 Å². The number of unbranched alkanes of at least 4 members (excludes halogenated alkanes) is 1. The van der Waals surface area contributed by atoms with E-state index in [1.165, 1.54) is 63.0 Å². The molecule has 2 heteroatoms. The van der Waals surface area contributed by atoms with Crippen molar-refractivity contribution in [1.29, 1.82) is 0 Å². The molecule has 1 fully saturated rings. The number of hydrogen-bond donors (Lipinski definition) is 0. The van der Waals surface area contributed by atoms with Crippen molar-refractivity contribution in [3.8, 4) is 0 Å². The summed E-state index contributed by atoms with van der Waals surface area (Å²) in [4.78, 5) is 5.33. The van der Waals surface area contributed by atoms with Crippen molar-refractivity contribution < 1.29 is 0 Å². The summed E-state index contributed by atoms with van der Waals surface area (Å²) in [6.07, 6.45) is 5.10. The summed E-state index contributed by atoms with van der Waals surface area (Å²) in [5.74, 6) is 0.